The van der Waals surface area contributed by atoms with E-state index < -0.39 is 0 Å². The van der Waals surface area contributed by atoms with Crippen molar-refractivity contribution in [3.8, 4) is 5.75 Å². The number of hydrogen-bond donors (Lipinski definition) is 0. The Hall–Kier alpha value is -0.515. The van der Waals surface area contributed by atoms with Gasteiger partial charge in [0.1, 0.15) is 12.0 Å². The minimum Gasteiger partial charge on any atom is -0.502 e. The number of rotatable bonds is 4. The van der Waals surface area contributed by atoms with Crippen LogP contribution in [0.3, 0.4) is 0 Å². The lowest BCUT2D eigenvalue weighted by Gasteiger charge is -2.06. The van der Waals surface area contributed by atoms with Crippen molar-refractivity contribution < 1.29 is 9.53 Å². The first-order valence-corrected chi connectivity index (χ1v) is 5.01. The summed E-state index contributed by atoms with van der Waals surface area (Å²) in [6.45, 7) is 2.49. The van der Waals surface area contributed by atoms with Crippen molar-refractivity contribution in [1.29, 1.82) is 0 Å². The predicted octanol–water partition coefficient (Wildman–Crippen LogP) is 2.19. The fraction of sp³-hybridized carbons (Fsp3) is 0.222. The number of ether oxygens (including phenoxy) is 1. The van der Waals surface area contributed by atoms with Gasteiger partial charge in [0, 0.05) is 5.56 Å². The van der Waals surface area contributed by atoms with Crippen LogP contribution in [-0.2, 0) is 0 Å². The Morgan fingerprint density at radius 1 is 1.62 bits per heavy atom. The molecule has 0 unspecified atom stereocenters. The van der Waals surface area contributed by atoms with Crippen molar-refractivity contribution in [2.45, 2.75) is 6.82 Å². The molecule has 0 saturated heterocycles. The summed E-state index contributed by atoms with van der Waals surface area (Å²) in [4.78, 5) is 10.5. The highest BCUT2D eigenvalue weighted by Crippen LogP contribution is 2.21. The highest BCUT2D eigenvalue weighted by molar-refractivity contribution is 14.1. The van der Waals surface area contributed by atoms with Gasteiger partial charge in [-0.1, -0.05) is 12.9 Å². The average Bonchev–Trinajstić information content (AvgIpc) is 2.17. The molecule has 1 aromatic carbocycles. The zero-order valence-corrected chi connectivity index (χ0v) is 9.45. The standard InChI is InChI=1S/C9H9BIO2/c1-10-6-13-9-4-7(5-12)2-3-8(9)11/h2-5H,6H2,1H3. The molecule has 2 nitrogen and oxygen atoms in total. The molecule has 0 bridgehead atoms. The molecular formula is C9H9BIO2. The lowest BCUT2D eigenvalue weighted by molar-refractivity contribution is 0.112. The molecule has 1 aromatic rings. The Kier molecular flexibility index (Phi) is 4.28. The van der Waals surface area contributed by atoms with Crippen LogP contribution in [0.4, 0.5) is 0 Å². The Labute approximate surface area is 92.1 Å². The van der Waals surface area contributed by atoms with Gasteiger partial charge in [0.05, 0.1) is 10.1 Å². The smallest absolute Gasteiger partial charge is 0.158 e. The molecule has 0 spiro atoms. The number of hydrogen-bond acceptors (Lipinski definition) is 2. The van der Waals surface area contributed by atoms with E-state index in [-0.39, 0.29) is 0 Å². The first kappa shape index (κ1) is 10.6. The van der Waals surface area contributed by atoms with Crippen molar-refractivity contribution in [2.24, 2.45) is 0 Å². The van der Waals surface area contributed by atoms with Crippen molar-refractivity contribution in [3.63, 3.8) is 0 Å². The normalized spacial score (nSPS) is 9.38. The summed E-state index contributed by atoms with van der Waals surface area (Å²) >= 11 is 2.18. The van der Waals surface area contributed by atoms with Gasteiger partial charge in [0.15, 0.2) is 7.28 Å². The summed E-state index contributed by atoms with van der Waals surface area (Å²) < 4.78 is 6.43. The third-order valence-electron chi connectivity index (χ3n) is 1.50. The third-order valence-corrected chi connectivity index (χ3v) is 2.39. The maximum Gasteiger partial charge on any atom is 0.158 e. The van der Waals surface area contributed by atoms with Crippen LogP contribution in [0.25, 0.3) is 0 Å². The molecule has 0 aromatic heterocycles. The second-order valence-electron chi connectivity index (χ2n) is 2.53. The molecule has 0 N–H and O–H groups in total. The molecule has 0 amide bonds. The Balaban J connectivity index is 2.83. The van der Waals surface area contributed by atoms with Gasteiger partial charge < -0.3 is 4.74 Å². The maximum absolute atomic E-state index is 10.5. The van der Waals surface area contributed by atoms with Crippen LogP contribution in [-0.4, -0.2) is 20.1 Å². The highest BCUT2D eigenvalue weighted by Gasteiger charge is 2.01. The summed E-state index contributed by atoms with van der Waals surface area (Å²) in [7, 11) is 1.92. The van der Waals surface area contributed by atoms with E-state index in [1.54, 1.807) is 12.1 Å². The summed E-state index contributed by atoms with van der Waals surface area (Å²) in [6, 6.07) is 5.39. The van der Waals surface area contributed by atoms with Crippen LogP contribution >= 0.6 is 22.6 Å². The summed E-state index contributed by atoms with van der Waals surface area (Å²) in [5, 5.41) is 0. The van der Waals surface area contributed by atoms with Gasteiger partial charge in [-0.2, -0.15) is 0 Å². The van der Waals surface area contributed by atoms with Crippen LogP contribution in [0, 0.1) is 3.57 Å². The molecule has 0 heterocycles. The van der Waals surface area contributed by atoms with Gasteiger partial charge >= 0.3 is 0 Å². The fourth-order valence-corrected chi connectivity index (χ4v) is 1.37. The molecule has 0 aliphatic heterocycles. The van der Waals surface area contributed by atoms with E-state index >= 15 is 0 Å². The second-order valence-corrected chi connectivity index (χ2v) is 3.69. The number of benzene rings is 1. The average molecular weight is 287 g/mol. The van der Waals surface area contributed by atoms with E-state index in [9.17, 15) is 4.79 Å². The number of carbonyl (C=O) groups excluding carboxylic acids is 1. The van der Waals surface area contributed by atoms with Crippen LogP contribution in [0.1, 0.15) is 10.4 Å². The number of halogens is 1. The van der Waals surface area contributed by atoms with Crippen molar-refractivity contribution in [1.82, 2.24) is 0 Å². The van der Waals surface area contributed by atoms with Gasteiger partial charge in [-0.05, 0) is 34.7 Å². The quantitative estimate of drug-likeness (QED) is 0.482. The molecule has 13 heavy (non-hydrogen) atoms. The lowest BCUT2D eigenvalue weighted by Crippen LogP contribution is -2.04. The van der Waals surface area contributed by atoms with Gasteiger partial charge in [-0.3, -0.25) is 4.79 Å². The topological polar surface area (TPSA) is 26.3 Å². The molecule has 67 valence electrons. The Bertz CT molecular complexity index is 302. The molecular weight excluding hydrogens is 278 g/mol. The third kappa shape index (κ3) is 3.02. The Morgan fingerprint density at radius 3 is 3.00 bits per heavy atom. The summed E-state index contributed by atoms with van der Waals surface area (Å²) in [6.07, 6.45) is 0.818. The molecule has 0 fully saturated rings. The van der Waals surface area contributed by atoms with Crippen LogP contribution in [0.2, 0.25) is 6.82 Å². The maximum atomic E-state index is 10.5. The monoisotopic (exact) mass is 287 g/mol. The van der Waals surface area contributed by atoms with Crippen LogP contribution in [0.15, 0.2) is 18.2 Å². The van der Waals surface area contributed by atoms with Crippen molar-refractivity contribution in [3.05, 3.63) is 27.3 Å². The minimum atomic E-state index is 0.568. The molecule has 4 heteroatoms. The van der Waals surface area contributed by atoms with Crippen LogP contribution < -0.4 is 4.74 Å². The largest absolute Gasteiger partial charge is 0.502 e. The van der Waals surface area contributed by atoms with Gasteiger partial charge in [-0.25, -0.2) is 0 Å². The SMILES string of the molecule is C[B]COc1cc(C=O)ccc1I. The minimum absolute atomic E-state index is 0.568. The Morgan fingerprint density at radius 2 is 2.38 bits per heavy atom. The lowest BCUT2D eigenvalue weighted by atomic mass is 9.85. The molecule has 0 atom stereocenters. The van der Waals surface area contributed by atoms with Crippen molar-refractivity contribution in [2.75, 3.05) is 6.51 Å². The highest BCUT2D eigenvalue weighted by atomic mass is 127. The van der Waals surface area contributed by atoms with E-state index in [1.807, 2.05) is 20.2 Å². The number of carbonyl (C=O) groups is 1. The summed E-state index contributed by atoms with van der Waals surface area (Å²) in [5.41, 5.74) is 0.645. The van der Waals surface area contributed by atoms with E-state index in [4.69, 9.17) is 4.74 Å². The van der Waals surface area contributed by atoms with E-state index in [1.165, 1.54) is 0 Å². The second kappa shape index (κ2) is 5.27. The number of aldehydes is 1. The van der Waals surface area contributed by atoms with E-state index in [2.05, 4.69) is 22.6 Å². The van der Waals surface area contributed by atoms with Crippen LogP contribution in [0.5, 0.6) is 5.75 Å². The van der Waals surface area contributed by atoms with Gasteiger partial charge in [0.25, 0.3) is 0 Å². The van der Waals surface area contributed by atoms with Gasteiger partial charge in [0.2, 0.25) is 0 Å². The van der Waals surface area contributed by atoms with Crippen molar-refractivity contribution >= 4 is 36.2 Å². The zero-order chi connectivity index (χ0) is 9.68. The summed E-state index contributed by atoms with van der Waals surface area (Å²) in [5.74, 6) is 0.767. The molecule has 0 aliphatic rings. The fourth-order valence-electron chi connectivity index (χ4n) is 0.877. The predicted molar refractivity (Wildman–Crippen MR) is 61.7 cm³/mol. The van der Waals surface area contributed by atoms with E-state index in [0.29, 0.717) is 12.1 Å². The zero-order valence-electron chi connectivity index (χ0n) is 7.29. The molecule has 0 saturated carbocycles. The molecule has 0 aliphatic carbocycles. The first-order valence-electron chi connectivity index (χ1n) is 3.93. The first-order chi connectivity index (χ1) is 6.27. The molecule has 1 rings (SSSR count). The van der Waals surface area contributed by atoms with E-state index in [0.717, 1.165) is 15.6 Å². The van der Waals surface area contributed by atoms with Gasteiger partial charge in [-0.15, -0.1) is 0 Å². The molecule has 1 radical (unpaired) electrons.